The fourth-order valence-electron chi connectivity index (χ4n) is 5.03. The van der Waals surface area contributed by atoms with E-state index >= 15 is 0 Å². The Balaban J connectivity index is 0.000000191. The summed E-state index contributed by atoms with van der Waals surface area (Å²) < 4.78 is 77.5. The molecule has 0 bridgehead atoms. The van der Waals surface area contributed by atoms with E-state index in [9.17, 15) is 31.1 Å². The molecule has 8 heteroatoms. The minimum Gasteiger partial charge on any atom is -0.392 e. The number of aliphatic hydroxyl groups excluding tert-OH is 1. The molecule has 0 heterocycles. The molecule has 2 aromatic carbocycles. The summed E-state index contributed by atoms with van der Waals surface area (Å²) >= 11 is 0. The van der Waals surface area contributed by atoms with Gasteiger partial charge in [0.25, 0.3) is 0 Å². The molecule has 1 N–H and O–H groups in total. The van der Waals surface area contributed by atoms with E-state index in [-0.39, 0.29) is 24.0 Å². The van der Waals surface area contributed by atoms with Gasteiger partial charge in [-0.2, -0.15) is 26.3 Å². The number of aliphatic hydroxyl groups is 1. The minimum atomic E-state index is -4.38. The lowest BCUT2D eigenvalue weighted by Gasteiger charge is -2.18. The number of carbonyl (C=O) groups is 1. The lowest BCUT2D eigenvalue weighted by atomic mass is 9.91. The second kappa shape index (κ2) is 10.9. The summed E-state index contributed by atoms with van der Waals surface area (Å²) in [6.07, 6.45) is -0.994. The van der Waals surface area contributed by atoms with E-state index in [1.165, 1.54) is 18.2 Å². The van der Waals surface area contributed by atoms with Crippen LogP contribution in [-0.2, 0) is 19.0 Å². The van der Waals surface area contributed by atoms with Crippen molar-refractivity contribution < 1.29 is 36.2 Å². The molecule has 2 fully saturated rings. The topological polar surface area (TPSA) is 37.3 Å². The van der Waals surface area contributed by atoms with Crippen LogP contribution in [0.15, 0.2) is 36.4 Å². The molecule has 2 aromatic rings. The molecular weight excluding hydrogens is 458 g/mol. The number of carbonyl (C=O) groups excluding carboxylic acids is 1. The number of aldehydes is 1. The number of halogens is 6. The first kappa shape index (κ1) is 26.3. The molecular formula is C26H28F6O2. The Morgan fingerprint density at radius 3 is 1.59 bits per heavy atom. The van der Waals surface area contributed by atoms with E-state index in [0.717, 1.165) is 63.5 Å². The average Bonchev–Trinajstić information content (AvgIpc) is 3.52. The third-order valence-electron chi connectivity index (χ3n) is 6.71. The number of hydrogen-bond donors (Lipinski definition) is 1. The molecule has 2 aliphatic carbocycles. The van der Waals surface area contributed by atoms with E-state index in [1.54, 1.807) is 6.07 Å². The van der Waals surface area contributed by atoms with Crippen LogP contribution >= 0.6 is 0 Å². The van der Waals surface area contributed by atoms with Gasteiger partial charge in [0.15, 0.2) is 0 Å². The highest BCUT2D eigenvalue weighted by Crippen LogP contribution is 2.43. The van der Waals surface area contributed by atoms with E-state index in [0.29, 0.717) is 23.0 Å². The normalized spacial score (nSPS) is 17.5. The summed E-state index contributed by atoms with van der Waals surface area (Å²) in [6.45, 7) is -0.353. The summed E-state index contributed by atoms with van der Waals surface area (Å²) in [4.78, 5) is 10.6. The van der Waals surface area contributed by atoms with Crippen LogP contribution in [0.3, 0.4) is 0 Å². The Kier molecular flexibility index (Phi) is 8.44. The number of hydrogen-bond acceptors (Lipinski definition) is 2. The van der Waals surface area contributed by atoms with Crippen LogP contribution in [-0.4, -0.2) is 11.4 Å². The van der Waals surface area contributed by atoms with Crippen molar-refractivity contribution in [3.05, 3.63) is 69.8 Å². The zero-order valence-electron chi connectivity index (χ0n) is 18.7. The van der Waals surface area contributed by atoms with Gasteiger partial charge in [0.1, 0.15) is 6.29 Å². The molecule has 0 atom stereocenters. The highest BCUT2D eigenvalue weighted by molar-refractivity contribution is 5.75. The van der Waals surface area contributed by atoms with Crippen molar-refractivity contribution in [3.63, 3.8) is 0 Å². The van der Waals surface area contributed by atoms with Crippen molar-refractivity contribution in [2.45, 2.75) is 82.2 Å². The van der Waals surface area contributed by atoms with Crippen LogP contribution in [0, 0.1) is 0 Å². The van der Waals surface area contributed by atoms with Crippen molar-refractivity contribution in [1.82, 2.24) is 0 Å². The van der Waals surface area contributed by atoms with Crippen molar-refractivity contribution in [1.29, 1.82) is 0 Å². The fraction of sp³-hybridized carbons (Fsp3) is 0.500. The first-order valence-corrected chi connectivity index (χ1v) is 11.5. The molecule has 4 rings (SSSR count). The van der Waals surface area contributed by atoms with E-state index in [2.05, 4.69) is 0 Å². The van der Waals surface area contributed by atoms with Gasteiger partial charge in [-0.05, 0) is 66.3 Å². The lowest BCUT2D eigenvalue weighted by molar-refractivity contribution is -0.139. The molecule has 0 unspecified atom stereocenters. The average molecular weight is 486 g/mol. The molecule has 0 aliphatic heterocycles. The van der Waals surface area contributed by atoms with Gasteiger partial charge < -0.3 is 5.11 Å². The standard InChI is InChI=1S/C13H15F3O.C13H13F3O/c2*14-13(15,16)12-7-9(8-17)5-6-11(12)10-3-1-2-4-10/h5-7,10,17H,1-4,8H2;5-8,10H,1-4H2. The minimum absolute atomic E-state index is 0.00710. The predicted molar refractivity (Wildman–Crippen MR) is 117 cm³/mol. The Morgan fingerprint density at radius 1 is 0.735 bits per heavy atom. The van der Waals surface area contributed by atoms with Crippen LogP contribution < -0.4 is 0 Å². The van der Waals surface area contributed by atoms with Crippen molar-refractivity contribution in [3.8, 4) is 0 Å². The molecule has 2 nitrogen and oxygen atoms in total. The second-order valence-corrected chi connectivity index (χ2v) is 9.00. The number of alkyl halides is 6. The molecule has 186 valence electrons. The molecule has 2 aliphatic rings. The maximum Gasteiger partial charge on any atom is 0.416 e. The number of benzene rings is 2. The number of rotatable bonds is 4. The van der Waals surface area contributed by atoms with Crippen LogP contribution in [0.5, 0.6) is 0 Å². The Labute approximate surface area is 195 Å². The molecule has 34 heavy (non-hydrogen) atoms. The molecule has 0 aromatic heterocycles. The molecule has 0 amide bonds. The largest absolute Gasteiger partial charge is 0.416 e. The first-order chi connectivity index (χ1) is 16.0. The van der Waals surface area contributed by atoms with Gasteiger partial charge >= 0.3 is 12.4 Å². The maximum atomic E-state index is 12.9. The van der Waals surface area contributed by atoms with E-state index < -0.39 is 23.5 Å². The van der Waals surface area contributed by atoms with Gasteiger partial charge in [-0.25, -0.2) is 0 Å². The molecule has 0 saturated heterocycles. The first-order valence-electron chi connectivity index (χ1n) is 11.5. The predicted octanol–water partition coefficient (Wildman–Crippen LogP) is 8.03. The summed E-state index contributed by atoms with van der Waals surface area (Å²) in [6, 6.07) is 8.08. The van der Waals surface area contributed by atoms with Gasteiger partial charge in [-0.1, -0.05) is 49.9 Å². The molecule has 2 saturated carbocycles. The van der Waals surface area contributed by atoms with E-state index in [4.69, 9.17) is 5.11 Å². The zero-order chi connectivity index (χ0) is 24.9. The fourth-order valence-corrected chi connectivity index (χ4v) is 5.03. The highest BCUT2D eigenvalue weighted by atomic mass is 19.4. The Morgan fingerprint density at radius 2 is 1.18 bits per heavy atom. The second-order valence-electron chi connectivity index (χ2n) is 9.00. The van der Waals surface area contributed by atoms with Gasteiger partial charge in [0, 0.05) is 5.56 Å². The third-order valence-corrected chi connectivity index (χ3v) is 6.71. The monoisotopic (exact) mass is 486 g/mol. The van der Waals surface area contributed by atoms with Crippen molar-refractivity contribution >= 4 is 6.29 Å². The van der Waals surface area contributed by atoms with Gasteiger partial charge in [-0.15, -0.1) is 0 Å². The van der Waals surface area contributed by atoms with Crippen molar-refractivity contribution in [2.75, 3.05) is 0 Å². The molecule has 0 radical (unpaired) electrons. The third kappa shape index (κ3) is 6.40. The molecule has 0 spiro atoms. The highest BCUT2D eigenvalue weighted by Gasteiger charge is 2.37. The maximum absolute atomic E-state index is 12.9. The zero-order valence-corrected chi connectivity index (χ0v) is 18.7. The van der Waals surface area contributed by atoms with Gasteiger partial charge in [0.05, 0.1) is 17.7 Å². The quantitative estimate of drug-likeness (QED) is 0.351. The van der Waals surface area contributed by atoms with Crippen LogP contribution in [0.4, 0.5) is 26.3 Å². The lowest BCUT2D eigenvalue weighted by Crippen LogP contribution is -2.12. The Hall–Kier alpha value is -2.35. The van der Waals surface area contributed by atoms with Crippen LogP contribution in [0.25, 0.3) is 0 Å². The van der Waals surface area contributed by atoms with Crippen LogP contribution in [0.2, 0.25) is 0 Å². The van der Waals surface area contributed by atoms with Gasteiger partial charge in [0.2, 0.25) is 0 Å². The SMILES string of the molecule is O=Cc1ccc(C2CCCC2)c(C(F)(F)F)c1.OCc1ccc(C2CCCC2)c(C(F)(F)F)c1. The van der Waals surface area contributed by atoms with Crippen molar-refractivity contribution in [2.24, 2.45) is 0 Å². The Bertz CT molecular complexity index is 968. The summed E-state index contributed by atoms with van der Waals surface area (Å²) in [7, 11) is 0. The van der Waals surface area contributed by atoms with E-state index in [1.807, 2.05) is 0 Å². The summed E-state index contributed by atoms with van der Waals surface area (Å²) in [5.74, 6) is 0.0201. The van der Waals surface area contributed by atoms with Crippen LogP contribution in [0.1, 0.15) is 101 Å². The van der Waals surface area contributed by atoms with Gasteiger partial charge in [-0.3, -0.25) is 4.79 Å². The summed E-state index contributed by atoms with van der Waals surface area (Å²) in [5, 5.41) is 8.92. The smallest absolute Gasteiger partial charge is 0.392 e. The summed E-state index contributed by atoms with van der Waals surface area (Å²) in [5.41, 5.74) is -0.0732.